The standard InChI is InChI=1S/30Fe.72W. The van der Waals surface area contributed by atoms with Crippen molar-refractivity contribution in [1.29, 1.82) is 0 Å². The molecule has 0 saturated heterocycles. The molecule has 102 heteroatoms. The summed E-state index contributed by atoms with van der Waals surface area (Å²) < 4.78 is 0. The third-order valence-electron chi connectivity index (χ3n) is 0. The first kappa shape index (κ1) is 1090. The Bertz CT molecular complexity index is 89.1. The molecule has 0 N–H and O–H groups in total. The fraction of sp³-hybridized carbons (Fsp3) is 0. The van der Waals surface area contributed by atoms with Crippen LogP contribution in [0, 0.1) is 0 Å². The molecular formula is Fe30W72. The van der Waals surface area contributed by atoms with Crippen LogP contribution in [0.15, 0.2) is 0 Å². The molecule has 0 aliphatic heterocycles. The van der Waals surface area contributed by atoms with Gasteiger partial charge in [0.25, 0.3) is 0 Å². The molecular weight excluding hydrogens is 14900 g/mol. The Labute approximate surface area is 1970 Å². The van der Waals surface area contributed by atoms with Crippen LogP contribution < -0.4 is 0 Å². The summed E-state index contributed by atoms with van der Waals surface area (Å²) in [4.78, 5) is 0. The van der Waals surface area contributed by atoms with Gasteiger partial charge >= 0.3 is 0 Å². The molecule has 672 valence electrons. The van der Waals surface area contributed by atoms with Crippen molar-refractivity contribution in [3.63, 3.8) is 0 Å². The van der Waals surface area contributed by atoms with Gasteiger partial charge < -0.3 is 0 Å². The third kappa shape index (κ3) is 1050. The number of hydrogen-bond acceptors (Lipinski definition) is 0. The molecule has 0 aliphatic carbocycles. The third-order valence-corrected chi connectivity index (χ3v) is 0. The molecule has 102 heavy (non-hydrogen) atoms. The molecule has 0 aromatic heterocycles. The van der Waals surface area contributed by atoms with E-state index in [1.54, 1.807) is 0 Å². The van der Waals surface area contributed by atoms with Crippen molar-refractivity contribution in [3.8, 4) is 0 Å². The van der Waals surface area contributed by atoms with Crippen LogP contribution in [0.5, 0.6) is 0 Å². The molecule has 0 aliphatic rings. The van der Waals surface area contributed by atoms with Gasteiger partial charge in [0.05, 0.1) is 0 Å². The second kappa shape index (κ2) is 1070. The summed E-state index contributed by atoms with van der Waals surface area (Å²) in [6, 6.07) is 0. The van der Waals surface area contributed by atoms with Crippen LogP contribution in [0.1, 0.15) is 0 Å². The van der Waals surface area contributed by atoms with Crippen LogP contribution in [0.3, 0.4) is 0 Å². The van der Waals surface area contributed by atoms with Crippen molar-refractivity contribution in [2.24, 2.45) is 0 Å². The summed E-state index contributed by atoms with van der Waals surface area (Å²) in [7, 11) is 0. The summed E-state index contributed by atoms with van der Waals surface area (Å²) in [5.74, 6) is 0. The normalized spacial score (nSPS) is 0. The fourth-order valence-electron chi connectivity index (χ4n) is 0. The van der Waals surface area contributed by atoms with Gasteiger partial charge in [-0.2, -0.15) is 0 Å². The molecule has 0 heterocycles. The van der Waals surface area contributed by atoms with Gasteiger partial charge in [0.15, 0.2) is 0 Å². The Morgan fingerprint density at radius 1 is 0.0196 bits per heavy atom. The maximum atomic E-state index is 0. The molecule has 0 unspecified atom stereocenters. The van der Waals surface area contributed by atoms with Crippen molar-refractivity contribution in [3.05, 3.63) is 0 Å². The van der Waals surface area contributed by atoms with Crippen LogP contribution >= 0.6 is 0 Å². The first-order chi connectivity index (χ1) is 0. The van der Waals surface area contributed by atoms with Crippen molar-refractivity contribution >= 4 is 0 Å². The van der Waals surface area contributed by atoms with E-state index in [9.17, 15) is 0 Å². The van der Waals surface area contributed by atoms with Crippen LogP contribution in [0.4, 0.5) is 0 Å². The molecule has 0 bridgehead atoms. The molecule has 0 fully saturated rings. The van der Waals surface area contributed by atoms with E-state index in [1.165, 1.54) is 0 Å². The van der Waals surface area contributed by atoms with Gasteiger partial charge in [-0.1, -0.05) is 0 Å². The summed E-state index contributed by atoms with van der Waals surface area (Å²) in [5.41, 5.74) is 0. The van der Waals surface area contributed by atoms with Crippen LogP contribution in [-0.2, 0) is 2030 Å². The van der Waals surface area contributed by atoms with Gasteiger partial charge in [0, 0.05) is 2030 Å². The number of rotatable bonds is 0. The van der Waals surface area contributed by atoms with Crippen LogP contribution in [0.2, 0.25) is 0 Å². The van der Waals surface area contributed by atoms with Crippen molar-refractivity contribution in [2.45, 2.75) is 0 Å². The average Bonchev–Trinajstić information content (AvgIpc) is 0. The Hall–Kier alpha value is 65.1. The fourth-order valence-corrected chi connectivity index (χ4v) is 0. The minimum atomic E-state index is 0. The van der Waals surface area contributed by atoms with Crippen LogP contribution in [0.25, 0.3) is 0 Å². The average molecular weight is 14900 g/mol. The number of hydrogen-bond donors (Lipinski definition) is 0. The van der Waals surface area contributed by atoms with Gasteiger partial charge in [-0.05, 0) is 0 Å². The SMILES string of the molecule is [Fe].[Fe].[Fe].[Fe].[Fe].[Fe].[Fe].[Fe].[Fe].[Fe].[Fe].[Fe].[Fe].[Fe].[Fe].[Fe].[Fe].[Fe].[Fe].[Fe].[Fe].[Fe].[Fe].[Fe].[Fe].[Fe].[Fe].[Fe].[Fe].[Fe].[W].[W].[W].[W].[W].[W].[W].[W].[W].[W].[W].[W].[W].[W].[W].[W].[W].[W].[W].[W].[W].[W].[W].[W].[W].[W].[W].[W].[W].[W].[W].[W].[W].[W].[W].[W].[W].[W].[W].[W].[W].[W].[W].[W].[W].[W].[W].[W].[W].[W].[W].[W].[W].[W].[W].[W].[W].[W].[W].[W].[W].[W].[W].[W].[W].[W].[W].[W].[W].[W].[W].[W]. The molecule has 0 amide bonds. The van der Waals surface area contributed by atoms with Gasteiger partial charge in [0.1, 0.15) is 0 Å². The van der Waals surface area contributed by atoms with E-state index in [1.807, 2.05) is 0 Å². The quantitative estimate of drug-likeness (QED) is 0.294. The molecule has 0 aromatic rings. The molecule has 0 nitrogen and oxygen atoms in total. The second-order valence-electron chi connectivity index (χ2n) is 0. The minimum absolute atomic E-state index is 0. The largest absolute Gasteiger partial charge is 0 e. The van der Waals surface area contributed by atoms with E-state index in [0.717, 1.165) is 0 Å². The Morgan fingerprint density at radius 2 is 0.0196 bits per heavy atom. The second-order valence-corrected chi connectivity index (χ2v) is 0. The van der Waals surface area contributed by atoms with Gasteiger partial charge in [0.2, 0.25) is 0 Å². The van der Waals surface area contributed by atoms with Crippen molar-refractivity contribution in [2.75, 3.05) is 0 Å². The van der Waals surface area contributed by atoms with Gasteiger partial charge in [-0.3, -0.25) is 0 Å². The topological polar surface area (TPSA) is 0 Å². The van der Waals surface area contributed by atoms with E-state index in [2.05, 4.69) is 0 Å². The zero-order valence-electron chi connectivity index (χ0n) is 40.0. The maximum absolute atomic E-state index is 0. The molecule has 0 saturated carbocycles. The van der Waals surface area contributed by atoms with Crippen LogP contribution in [-0.4, -0.2) is 0 Å². The maximum Gasteiger partial charge on any atom is 0 e. The molecule has 0 spiro atoms. The first-order valence-electron chi connectivity index (χ1n) is 0. The predicted octanol–water partition coefficient (Wildman–Crippen LogP) is -0.255. The Morgan fingerprint density at radius 3 is 0.0196 bits per heavy atom. The monoisotopic (exact) mass is 14900 g/mol. The van der Waals surface area contributed by atoms with Gasteiger partial charge in [-0.25, -0.2) is 0 Å². The molecule has 0 radical (unpaired) electrons. The smallest absolute Gasteiger partial charge is 0 e. The van der Waals surface area contributed by atoms with E-state index >= 15 is 0 Å². The van der Waals surface area contributed by atoms with Crippen molar-refractivity contribution < 1.29 is 2030 Å². The van der Waals surface area contributed by atoms with Gasteiger partial charge in [-0.15, -0.1) is 0 Å². The molecule has 0 aromatic carbocycles. The summed E-state index contributed by atoms with van der Waals surface area (Å²) in [6.07, 6.45) is 0. The van der Waals surface area contributed by atoms with E-state index in [0.29, 0.717) is 0 Å². The Balaban J connectivity index is 0. The first-order valence-corrected chi connectivity index (χ1v) is 0. The summed E-state index contributed by atoms with van der Waals surface area (Å²) in [6.45, 7) is 0. The summed E-state index contributed by atoms with van der Waals surface area (Å²) in [5, 5.41) is 0. The molecule has 0 atom stereocenters. The Kier molecular flexibility index (Phi) is 11400. The molecule has 0 rings (SSSR count). The zero-order chi connectivity index (χ0) is 0. The minimum Gasteiger partial charge on any atom is 0 e. The van der Waals surface area contributed by atoms with Crippen molar-refractivity contribution in [1.82, 2.24) is 0 Å². The van der Waals surface area contributed by atoms with E-state index in [4.69, 9.17) is 0 Å². The predicted molar refractivity (Wildman–Crippen MR) is 0 cm³/mol. The van der Waals surface area contributed by atoms with E-state index < -0.39 is 0 Å². The summed E-state index contributed by atoms with van der Waals surface area (Å²) >= 11 is 0. The van der Waals surface area contributed by atoms with E-state index in [-0.39, 0.29) is 2030 Å². The zero-order valence-corrected chi connectivity index (χ0v) is 284.